The molecule has 0 aromatic carbocycles. The molecule has 5 heteroatoms. The van der Waals surface area contributed by atoms with Crippen molar-refractivity contribution >= 4 is 17.7 Å². The summed E-state index contributed by atoms with van der Waals surface area (Å²) in [5.74, 6) is 0.165. The molecule has 1 aliphatic rings. The molecule has 0 bridgehead atoms. The predicted octanol–water partition coefficient (Wildman–Crippen LogP) is 3.76. The summed E-state index contributed by atoms with van der Waals surface area (Å²) in [6.45, 7) is 9.52. The fourth-order valence-corrected chi connectivity index (χ4v) is 3.99. The van der Waals surface area contributed by atoms with E-state index in [1.165, 1.54) is 24.6 Å². The summed E-state index contributed by atoms with van der Waals surface area (Å²) in [5, 5.41) is 9.92. The summed E-state index contributed by atoms with van der Waals surface area (Å²) < 4.78 is 0. The highest BCUT2D eigenvalue weighted by Gasteiger charge is 2.24. The van der Waals surface area contributed by atoms with Gasteiger partial charge in [-0.3, -0.25) is 4.79 Å². The Balaban J connectivity index is 2.18. The molecule has 1 aliphatic heterocycles. The smallest absolute Gasteiger partial charge is 0.235 e. The lowest BCUT2D eigenvalue weighted by Crippen LogP contribution is -2.37. The van der Waals surface area contributed by atoms with Crippen LogP contribution in [0.5, 0.6) is 0 Å². The molecule has 1 aromatic rings. The molecule has 0 unspecified atom stereocenters. The van der Waals surface area contributed by atoms with Gasteiger partial charge in [0.15, 0.2) is 0 Å². The number of nitrogens with zero attached hydrogens (tertiary/aromatic N) is 3. The van der Waals surface area contributed by atoms with E-state index in [0.29, 0.717) is 10.6 Å². The van der Waals surface area contributed by atoms with Crippen LogP contribution in [0.3, 0.4) is 0 Å². The molecule has 0 saturated carbocycles. The van der Waals surface area contributed by atoms with Gasteiger partial charge < -0.3 is 4.90 Å². The van der Waals surface area contributed by atoms with Gasteiger partial charge in [0.1, 0.15) is 11.1 Å². The second kappa shape index (κ2) is 7.83. The molecule has 0 aliphatic carbocycles. The minimum Gasteiger partial charge on any atom is -0.342 e. The predicted molar refractivity (Wildman–Crippen MR) is 93.5 cm³/mol. The molecule has 4 nitrogen and oxygen atoms in total. The van der Waals surface area contributed by atoms with Crippen LogP contribution >= 0.6 is 11.8 Å². The lowest BCUT2D eigenvalue weighted by molar-refractivity contribution is -0.130. The molecule has 1 amide bonds. The standard InChI is InChI=1S/C18H25N3OS/c1-12-13(2)16(11-19)17(20-14(12)3)23-15(4)18(22)21-9-7-5-6-8-10-21/h15H,5-10H2,1-4H3/t15-/m1/s1. The first-order valence-corrected chi connectivity index (χ1v) is 9.17. The summed E-state index contributed by atoms with van der Waals surface area (Å²) in [6.07, 6.45) is 4.60. The van der Waals surface area contributed by atoms with E-state index in [1.807, 2.05) is 32.6 Å². The van der Waals surface area contributed by atoms with Crippen LogP contribution in [0.2, 0.25) is 0 Å². The summed E-state index contributed by atoms with van der Waals surface area (Å²) in [4.78, 5) is 19.2. The first-order valence-electron chi connectivity index (χ1n) is 8.29. The largest absolute Gasteiger partial charge is 0.342 e. The van der Waals surface area contributed by atoms with E-state index in [1.54, 1.807) is 0 Å². The SMILES string of the molecule is Cc1nc(S[C@H](C)C(=O)N2CCCCCC2)c(C#N)c(C)c1C. The van der Waals surface area contributed by atoms with Crippen molar-refractivity contribution in [2.24, 2.45) is 0 Å². The number of hydrogen-bond donors (Lipinski definition) is 0. The van der Waals surface area contributed by atoms with Crippen molar-refractivity contribution in [3.8, 4) is 6.07 Å². The van der Waals surface area contributed by atoms with E-state index in [9.17, 15) is 10.1 Å². The molecule has 1 fully saturated rings. The molecule has 0 spiro atoms. The Hall–Kier alpha value is -1.54. The van der Waals surface area contributed by atoms with Gasteiger partial charge in [0.2, 0.25) is 5.91 Å². The number of amides is 1. The van der Waals surface area contributed by atoms with Crippen molar-refractivity contribution in [3.05, 3.63) is 22.4 Å². The lowest BCUT2D eigenvalue weighted by atomic mass is 10.1. The third-order valence-electron chi connectivity index (χ3n) is 4.63. The van der Waals surface area contributed by atoms with Crippen LogP contribution in [0.4, 0.5) is 0 Å². The van der Waals surface area contributed by atoms with Crippen LogP contribution < -0.4 is 0 Å². The molecular formula is C18H25N3OS. The average Bonchev–Trinajstić information content (AvgIpc) is 2.81. The van der Waals surface area contributed by atoms with Crippen molar-refractivity contribution in [2.45, 2.75) is 63.7 Å². The first kappa shape index (κ1) is 17.8. The van der Waals surface area contributed by atoms with Gasteiger partial charge in [0.25, 0.3) is 0 Å². The molecule has 23 heavy (non-hydrogen) atoms. The minimum absolute atomic E-state index is 0.165. The zero-order valence-corrected chi connectivity index (χ0v) is 15.3. The number of carbonyl (C=O) groups is 1. The van der Waals surface area contributed by atoms with Crippen molar-refractivity contribution in [1.29, 1.82) is 5.26 Å². The number of hydrogen-bond acceptors (Lipinski definition) is 4. The van der Waals surface area contributed by atoms with Crippen LogP contribution in [0.1, 0.15) is 55.0 Å². The number of aromatic nitrogens is 1. The number of rotatable bonds is 3. The van der Waals surface area contributed by atoms with Crippen LogP contribution in [0.25, 0.3) is 0 Å². The number of thioether (sulfide) groups is 1. The Morgan fingerprint density at radius 1 is 1.17 bits per heavy atom. The van der Waals surface area contributed by atoms with Gasteiger partial charge in [-0.2, -0.15) is 5.26 Å². The number of aryl methyl sites for hydroxylation is 1. The van der Waals surface area contributed by atoms with Gasteiger partial charge in [-0.15, -0.1) is 0 Å². The van der Waals surface area contributed by atoms with Crippen molar-refractivity contribution in [2.75, 3.05) is 13.1 Å². The van der Waals surface area contributed by atoms with Crippen LogP contribution in [-0.4, -0.2) is 34.1 Å². The second-order valence-electron chi connectivity index (χ2n) is 6.24. The normalized spacial score (nSPS) is 16.6. The highest BCUT2D eigenvalue weighted by molar-refractivity contribution is 8.00. The maximum Gasteiger partial charge on any atom is 0.235 e. The lowest BCUT2D eigenvalue weighted by Gasteiger charge is -2.24. The number of carbonyl (C=O) groups excluding carboxylic acids is 1. The summed E-state index contributed by atoms with van der Waals surface area (Å²) in [6, 6.07) is 2.26. The van der Waals surface area contributed by atoms with E-state index in [0.717, 1.165) is 42.8 Å². The van der Waals surface area contributed by atoms with Crippen LogP contribution in [0.15, 0.2) is 5.03 Å². The summed E-state index contributed by atoms with van der Waals surface area (Å²) in [5.41, 5.74) is 3.56. The highest BCUT2D eigenvalue weighted by atomic mass is 32.2. The Bertz CT molecular complexity index is 628. The third-order valence-corrected chi connectivity index (χ3v) is 5.70. The molecule has 0 radical (unpaired) electrons. The average molecular weight is 331 g/mol. The fraction of sp³-hybridized carbons (Fsp3) is 0.611. The third kappa shape index (κ3) is 4.06. The van der Waals surface area contributed by atoms with Gasteiger partial charge in [0.05, 0.1) is 10.8 Å². The Morgan fingerprint density at radius 3 is 2.35 bits per heavy atom. The molecule has 124 valence electrons. The topological polar surface area (TPSA) is 57.0 Å². The van der Waals surface area contributed by atoms with Gasteiger partial charge in [-0.05, 0) is 51.7 Å². The Kier molecular flexibility index (Phi) is 6.06. The summed E-state index contributed by atoms with van der Waals surface area (Å²) in [7, 11) is 0. The van der Waals surface area contributed by atoms with Gasteiger partial charge in [0, 0.05) is 18.8 Å². The van der Waals surface area contributed by atoms with Crippen molar-refractivity contribution in [1.82, 2.24) is 9.88 Å². The van der Waals surface area contributed by atoms with Crippen molar-refractivity contribution < 1.29 is 4.79 Å². The van der Waals surface area contributed by atoms with Crippen molar-refractivity contribution in [3.63, 3.8) is 0 Å². The second-order valence-corrected chi connectivity index (χ2v) is 7.57. The number of likely N-dealkylation sites (tertiary alicyclic amines) is 1. The molecular weight excluding hydrogens is 306 g/mol. The summed E-state index contributed by atoms with van der Waals surface area (Å²) >= 11 is 1.42. The first-order chi connectivity index (χ1) is 11.0. The molecule has 1 saturated heterocycles. The van der Waals surface area contributed by atoms with Crippen LogP contribution in [-0.2, 0) is 4.79 Å². The minimum atomic E-state index is -0.214. The molecule has 0 N–H and O–H groups in total. The molecule has 2 rings (SSSR count). The van der Waals surface area contributed by atoms with Gasteiger partial charge >= 0.3 is 0 Å². The highest BCUT2D eigenvalue weighted by Crippen LogP contribution is 2.30. The van der Waals surface area contributed by atoms with Gasteiger partial charge in [-0.25, -0.2) is 4.98 Å². The van der Waals surface area contributed by atoms with Gasteiger partial charge in [-0.1, -0.05) is 24.6 Å². The molecule has 1 atom stereocenters. The quantitative estimate of drug-likeness (QED) is 0.791. The van der Waals surface area contributed by atoms with E-state index in [4.69, 9.17) is 0 Å². The van der Waals surface area contributed by atoms with E-state index < -0.39 is 0 Å². The number of nitriles is 1. The van der Waals surface area contributed by atoms with E-state index in [-0.39, 0.29) is 11.2 Å². The maximum atomic E-state index is 12.7. The van der Waals surface area contributed by atoms with Crippen LogP contribution in [0, 0.1) is 32.1 Å². The zero-order valence-electron chi connectivity index (χ0n) is 14.5. The fourth-order valence-electron chi connectivity index (χ4n) is 2.89. The molecule has 1 aromatic heterocycles. The monoisotopic (exact) mass is 331 g/mol. The Labute approximate surface area is 143 Å². The molecule has 2 heterocycles. The number of pyridine rings is 1. The zero-order chi connectivity index (χ0) is 17.0. The maximum absolute atomic E-state index is 12.7. The van der Waals surface area contributed by atoms with E-state index >= 15 is 0 Å². The van der Waals surface area contributed by atoms with E-state index in [2.05, 4.69) is 11.1 Å². The Morgan fingerprint density at radius 2 is 1.78 bits per heavy atom.